The van der Waals surface area contributed by atoms with Gasteiger partial charge in [-0.1, -0.05) is 19.3 Å². The van der Waals surface area contributed by atoms with E-state index >= 15 is 0 Å². The molecule has 0 unspecified atom stereocenters. The number of benzene rings is 1. The maximum Gasteiger partial charge on any atom is 0.188 e. The number of hydrogen-bond donors (Lipinski definition) is 0. The van der Waals surface area contributed by atoms with Crippen LogP contribution in [0.4, 0.5) is 4.39 Å². The van der Waals surface area contributed by atoms with E-state index in [0.717, 1.165) is 12.3 Å². The molecular formula is C14H17FO2. The van der Waals surface area contributed by atoms with Gasteiger partial charge < -0.3 is 4.74 Å². The van der Waals surface area contributed by atoms with Gasteiger partial charge in [0.1, 0.15) is 12.4 Å². The van der Waals surface area contributed by atoms with E-state index in [9.17, 15) is 9.18 Å². The summed E-state index contributed by atoms with van der Waals surface area (Å²) in [6, 6.07) is 5.57. The molecule has 3 heteroatoms. The van der Waals surface area contributed by atoms with Gasteiger partial charge >= 0.3 is 0 Å². The molecule has 0 spiro atoms. The molecule has 1 aliphatic rings. The quantitative estimate of drug-likeness (QED) is 0.560. The van der Waals surface area contributed by atoms with Crippen LogP contribution in [0.25, 0.3) is 0 Å². The second-order valence-corrected chi connectivity index (χ2v) is 4.57. The lowest BCUT2D eigenvalue weighted by Crippen LogP contribution is -2.16. The Balaban J connectivity index is 1.67. The van der Waals surface area contributed by atoms with Gasteiger partial charge in [-0.3, -0.25) is 4.79 Å². The first-order chi connectivity index (χ1) is 8.25. The second-order valence-electron chi connectivity index (χ2n) is 4.57. The average molecular weight is 236 g/mol. The van der Waals surface area contributed by atoms with E-state index in [0.29, 0.717) is 12.2 Å². The highest BCUT2D eigenvalue weighted by Gasteiger charge is 2.16. The Hall–Kier alpha value is -1.22. The number of rotatable bonds is 6. The van der Waals surface area contributed by atoms with Gasteiger partial charge in [-0.15, -0.1) is 0 Å². The van der Waals surface area contributed by atoms with Crippen LogP contribution in [-0.4, -0.2) is 19.0 Å². The first-order valence-corrected chi connectivity index (χ1v) is 6.12. The number of carbonyl (C=O) groups is 1. The summed E-state index contributed by atoms with van der Waals surface area (Å²) in [7, 11) is 0. The van der Waals surface area contributed by atoms with Gasteiger partial charge in [0.25, 0.3) is 0 Å². The molecule has 1 fully saturated rings. The zero-order valence-corrected chi connectivity index (χ0v) is 9.82. The summed E-state index contributed by atoms with van der Waals surface area (Å²) < 4.78 is 18.0. The van der Waals surface area contributed by atoms with Crippen LogP contribution < -0.4 is 0 Å². The lowest BCUT2D eigenvalue weighted by atomic mass is 9.83. The summed E-state index contributed by atoms with van der Waals surface area (Å²) in [5.74, 6) is 0.391. The van der Waals surface area contributed by atoms with Crippen LogP contribution in [-0.2, 0) is 4.74 Å². The zero-order valence-electron chi connectivity index (χ0n) is 9.82. The SMILES string of the molecule is O=C(COCCC1CCC1)c1ccc(F)cc1. The number of ether oxygens (including phenoxy) is 1. The van der Waals surface area contributed by atoms with Crippen LogP contribution in [0.3, 0.4) is 0 Å². The summed E-state index contributed by atoms with van der Waals surface area (Å²) >= 11 is 0. The molecule has 2 nitrogen and oxygen atoms in total. The van der Waals surface area contributed by atoms with Crippen molar-refractivity contribution < 1.29 is 13.9 Å². The minimum atomic E-state index is -0.326. The van der Waals surface area contributed by atoms with Crippen LogP contribution >= 0.6 is 0 Å². The second kappa shape index (κ2) is 5.92. The van der Waals surface area contributed by atoms with Crippen LogP contribution in [0.2, 0.25) is 0 Å². The van der Waals surface area contributed by atoms with Crippen molar-refractivity contribution in [2.24, 2.45) is 5.92 Å². The molecule has 0 saturated heterocycles. The van der Waals surface area contributed by atoms with Crippen LogP contribution in [0.15, 0.2) is 24.3 Å². The Bertz CT molecular complexity index is 368. The minimum absolute atomic E-state index is 0.0846. The summed E-state index contributed by atoms with van der Waals surface area (Å²) in [6.07, 6.45) is 4.99. The molecule has 0 aromatic heterocycles. The van der Waals surface area contributed by atoms with Gasteiger partial charge in [-0.25, -0.2) is 4.39 Å². The third kappa shape index (κ3) is 3.63. The van der Waals surface area contributed by atoms with Gasteiger partial charge in [-0.2, -0.15) is 0 Å². The predicted molar refractivity (Wildman–Crippen MR) is 63.5 cm³/mol. The Morgan fingerprint density at radius 1 is 1.29 bits per heavy atom. The normalized spacial score (nSPS) is 15.6. The fourth-order valence-electron chi connectivity index (χ4n) is 1.92. The average Bonchev–Trinajstić information content (AvgIpc) is 2.27. The van der Waals surface area contributed by atoms with E-state index in [1.165, 1.54) is 43.5 Å². The molecule has 1 aromatic carbocycles. The summed E-state index contributed by atoms with van der Waals surface area (Å²) in [5, 5.41) is 0. The Labute approximate surface area is 101 Å². The molecule has 1 saturated carbocycles. The molecule has 17 heavy (non-hydrogen) atoms. The molecule has 2 rings (SSSR count). The molecule has 0 heterocycles. The van der Waals surface area contributed by atoms with Gasteiger partial charge in [0.2, 0.25) is 0 Å². The van der Waals surface area contributed by atoms with E-state index in [-0.39, 0.29) is 18.2 Å². The van der Waals surface area contributed by atoms with Crippen molar-refractivity contribution in [3.05, 3.63) is 35.6 Å². The van der Waals surface area contributed by atoms with Gasteiger partial charge in [0, 0.05) is 12.2 Å². The topological polar surface area (TPSA) is 26.3 Å². The standard InChI is InChI=1S/C14H17FO2/c15-13-6-4-12(5-7-13)14(16)10-17-9-8-11-2-1-3-11/h4-7,11H,1-3,8-10H2. The number of ketones is 1. The van der Waals surface area contributed by atoms with Crippen molar-refractivity contribution in [1.82, 2.24) is 0 Å². The molecule has 0 radical (unpaired) electrons. The van der Waals surface area contributed by atoms with Crippen molar-refractivity contribution in [3.8, 4) is 0 Å². The Morgan fingerprint density at radius 3 is 2.59 bits per heavy atom. The lowest BCUT2D eigenvalue weighted by molar-refractivity contribution is 0.0705. The maximum absolute atomic E-state index is 12.6. The third-order valence-electron chi connectivity index (χ3n) is 3.29. The fourth-order valence-corrected chi connectivity index (χ4v) is 1.92. The largest absolute Gasteiger partial charge is 0.373 e. The van der Waals surface area contributed by atoms with Gasteiger partial charge in [-0.05, 0) is 36.6 Å². The highest BCUT2D eigenvalue weighted by atomic mass is 19.1. The molecule has 1 aromatic rings. The monoisotopic (exact) mass is 236 g/mol. The van der Waals surface area contributed by atoms with Crippen LogP contribution in [0.1, 0.15) is 36.0 Å². The van der Waals surface area contributed by atoms with Crippen molar-refractivity contribution in [3.63, 3.8) is 0 Å². The Morgan fingerprint density at radius 2 is 2.00 bits per heavy atom. The highest BCUT2D eigenvalue weighted by molar-refractivity contribution is 5.96. The molecule has 0 N–H and O–H groups in total. The first kappa shape index (κ1) is 12.2. The van der Waals surface area contributed by atoms with Crippen molar-refractivity contribution >= 4 is 5.78 Å². The molecule has 0 amide bonds. The van der Waals surface area contributed by atoms with E-state index in [4.69, 9.17) is 4.74 Å². The van der Waals surface area contributed by atoms with E-state index in [1.54, 1.807) is 0 Å². The number of Topliss-reactive ketones (excluding diaryl/α,β-unsaturated/α-hetero) is 1. The smallest absolute Gasteiger partial charge is 0.188 e. The van der Waals surface area contributed by atoms with E-state index in [1.807, 2.05) is 0 Å². The number of hydrogen-bond acceptors (Lipinski definition) is 2. The van der Waals surface area contributed by atoms with Crippen molar-refractivity contribution in [1.29, 1.82) is 0 Å². The fraction of sp³-hybridized carbons (Fsp3) is 0.500. The van der Waals surface area contributed by atoms with Gasteiger partial charge in [0.05, 0.1) is 0 Å². The molecular weight excluding hydrogens is 219 g/mol. The minimum Gasteiger partial charge on any atom is -0.373 e. The highest BCUT2D eigenvalue weighted by Crippen LogP contribution is 2.29. The van der Waals surface area contributed by atoms with Crippen molar-refractivity contribution in [2.75, 3.05) is 13.2 Å². The molecule has 0 aliphatic heterocycles. The first-order valence-electron chi connectivity index (χ1n) is 6.12. The molecule has 0 atom stereocenters. The lowest BCUT2D eigenvalue weighted by Gasteiger charge is -2.24. The Kier molecular flexibility index (Phi) is 4.26. The summed E-state index contributed by atoms with van der Waals surface area (Å²) in [4.78, 5) is 11.6. The number of carbonyl (C=O) groups excluding carboxylic acids is 1. The predicted octanol–water partition coefficient (Wildman–Crippen LogP) is 3.22. The van der Waals surface area contributed by atoms with Crippen molar-refractivity contribution in [2.45, 2.75) is 25.7 Å². The van der Waals surface area contributed by atoms with E-state index < -0.39 is 0 Å². The number of halogens is 1. The molecule has 1 aliphatic carbocycles. The summed E-state index contributed by atoms with van der Waals surface area (Å²) in [5.41, 5.74) is 0.509. The molecule has 92 valence electrons. The zero-order chi connectivity index (χ0) is 12.1. The van der Waals surface area contributed by atoms with Crippen LogP contribution in [0.5, 0.6) is 0 Å². The van der Waals surface area contributed by atoms with Gasteiger partial charge in [0.15, 0.2) is 5.78 Å². The summed E-state index contributed by atoms with van der Waals surface area (Å²) in [6.45, 7) is 0.746. The molecule has 0 bridgehead atoms. The van der Waals surface area contributed by atoms with E-state index in [2.05, 4.69) is 0 Å². The third-order valence-corrected chi connectivity index (χ3v) is 3.29. The van der Waals surface area contributed by atoms with Crippen LogP contribution in [0, 0.1) is 11.7 Å². The maximum atomic E-state index is 12.6.